The topological polar surface area (TPSA) is 85.3 Å². The highest BCUT2D eigenvalue weighted by Gasteiger charge is 2.46. The van der Waals surface area contributed by atoms with Crippen molar-refractivity contribution in [3.63, 3.8) is 0 Å². The van der Waals surface area contributed by atoms with Crippen LogP contribution in [0, 0.1) is 0 Å². The second-order valence-electron chi connectivity index (χ2n) is 7.60. The van der Waals surface area contributed by atoms with Crippen molar-refractivity contribution >= 4 is 29.1 Å². The van der Waals surface area contributed by atoms with Crippen LogP contribution >= 0.6 is 11.6 Å². The zero-order chi connectivity index (χ0) is 24.0. The molecule has 0 bridgehead atoms. The summed E-state index contributed by atoms with van der Waals surface area (Å²) in [7, 11) is 3.03. The van der Waals surface area contributed by atoms with E-state index in [0.717, 1.165) is 6.42 Å². The molecule has 1 N–H and O–H groups in total. The average molecular weight is 474 g/mol. The molecule has 33 heavy (non-hydrogen) atoms. The maximum Gasteiger partial charge on any atom is 0.295 e. The second kappa shape index (κ2) is 11.2. The zero-order valence-electron chi connectivity index (χ0n) is 19.0. The Kier molecular flexibility index (Phi) is 8.36. The van der Waals surface area contributed by atoms with Crippen LogP contribution in [0.15, 0.2) is 48.0 Å². The molecule has 8 heteroatoms. The van der Waals surface area contributed by atoms with Crippen molar-refractivity contribution in [2.45, 2.75) is 25.8 Å². The minimum atomic E-state index is -0.796. The van der Waals surface area contributed by atoms with E-state index in [1.807, 2.05) is 13.0 Å². The lowest BCUT2D eigenvalue weighted by Gasteiger charge is -2.25. The average Bonchev–Trinajstić information content (AvgIpc) is 3.07. The number of carbonyl (C=O) groups excluding carboxylic acids is 2. The number of hydrogen-bond acceptors (Lipinski definition) is 6. The molecule has 0 saturated carbocycles. The normalized spacial score (nSPS) is 17.5. The lowest BCUT2D eigenvalue weighted by Crippen LogP contribution is -2.31. The van der Waals surface area contributed by atoms with Gasteiger partial charge in [0.15, 0.2) is 0 Å². The van der Waals surface area contributed by atoms with Gasteiger partial charge in [-0.15, -0.1) is 0 Å². The van der Waals surface area contributed by atoms with Gasteiger partial charge in [0.05, 0.1) is 30.9 Å². The highest BCUT2D eigenvalue weighted by atomic mass is 35.5. The van der Waals surface area contributed by atoms with Gasteiger partial charge in [0, 0.05) is 25.3 Å². The Morgan fingerprint density at radius 2 is 1.91 bits per heavy atom. The van der Waals surface area contributed by atoms with Crippen molar-refractivity contribution in [2.75, 3.05) is 34.0 Å². The Labute approximate surface area is 198 Å². The van der Waals surface area contributed by atoms with E-state index in [-0.39, 0.29) is 23.4 Å². The standard InChI is InChI=1S/C25H28ClNO6/c1-4-12-33-18-8-5-7-16(14-18)22-21(24(29)25(30)27(22)11-6-13-31-2)23(28)19-15-17(26)9-10-20(19)32-3/h5,7-10,14-15,22,28H,4,6,11-13H2,1-3H3/b23-21+. The molecule has 1 heterocycles. The number of ketones is 1. The van der Waals surface area contributed by atoms with Crippen molar-refractivity contribution in [3.05, 3.63) is 64.2 Å². The van der Waals surface area contributed by atoms with Crippen LogP contribution in [0.3, 0.4) is 0 Å². The fourth-order valence-corrected chi connectivity index (χ4v) is 4.01. The number of aliphatic hydroxyl groups excluding tert-OH is 1. The maximum atomic E-state index is 13.1. The Morgan fingerprint density at radius 1 is 1.12 bits per heavy atom. The highest BCUT2D eigenvalue weighted by Crippen LogP contribution is 2.42. The van der Waals surface area contributed by atoms with Crippen LogP contribution in [0.1, 0.15) is 36.9 Å². The molecule has 1 aliphatic rings. The summed E-state index contributed by atoms with van der Waals surface area (Å²) in [6.07, 6.45) is 1.38. The molecule has 7 nitrogen and oxygen atoms in total. The van der Waals surface area contributed by atoms with Crippen molar-refractivity contribution in [1.82, 2.24) is 4.90 Å². The largest absolute Gasteiger partial charge is 0.507 e. The van der Waals surface area contributed by atoms with Gasteiger partial charge in [0.2, 0.25) is 0 Å². The van der Waals surface area contributed by atoms with E-state index in [9.17, 15) is 14.7 Å². The Hall–Kier alpha value is -3.03. The van der Waals surface area contributed by atoms with Crippen molar-refractivity contribution in [2.24, 2.45) is 0 Å². The number of aliphatic hydroxyl groups is 1. The number of nitrogens with zero attached hydrogens (tertiary/aromatic N) is 1. The SMILES string of the molecule is CCCOc1cccc(C2/C(=C(\O)c3cc(Cl)ccc3OC)C(=O)C(=O)N2CCCOC)c1. The van der Waals surface area contributed by atoms with Crippen molar-refractivity contribution < 1.29 is 28.9 Å². The van der Waals surface area contributed by atoms with Gasteiger partial charge in [-0.25, -0.2) is 0 Å². The van der Waals surface area contributed by atoms with Crippen LogP contribution in [0.4, 0.5) is 0 Å². The first-order chi connectivity index (χ1) is 15.9. The maximum absolute atomic E-state index is 13.1. The van der Waals surface area contributed by atoms with Crippen molar-refractivity contribution in [1.29, 1.82) is 0 Å². The molecule has 1 saturated heterocycles. The summed E-state index contributed by atoms with van der Waals surface area (Å²) >= 11 is 6.14. The molecule has 0 aliphatic carbocycles. The minimum absolute atomic E-state index is 0.0226. The molecule has 0 aromatic heterocycles. The Bertz CT molecular complexity index is 1050. The molecule has 3 rings (SSSR count). The number of rotatable bonds is 10. The van der Waals surface area contributed by atoms with Gasteiger partial charge in [-0.05, 0) is 48.7 Å². The summed E-state index contributed by atoms with van der Waals surface area (Å²) < 4.78 is 16.2. The van der Waals surface area contributed by atoms with Gasteiger partial charge >= 0.3 is 0 Å². The molecule has 2 aromatic carbocycles. The predicted octanol–water partition coefficient (Wildman–Crippen LogP) is 4.60. The summed E-state index contributed by atoms with van der Waals surface area (Å²) in [5, 5.41) is 11.6. The first-order valence-corrected chi connectivity index (χ1v) is 11.1. The molecule has 1 atom stereocenters. The molecular weight excluding hydrogens is 446 g/mol. The first-order valence-electron chi connectivity index (χ1n) is 10.8. The van der Waals surface area contributed by atoms with Gasteiger partial charge in [-0.3, -0.25) is 9.59 Å². The number of benzene rings is 2. The van der Waals surface area contributed by atoms with E-state index in [4.69, 9.17) is 25.8 Å². The van der Waals surface area contributed by atoms with Crippen LogP contribution in [-0.4, -0.2) is 55.7 Å². The Balaban J connectivity index is 2.16. The van der Waals surface area contributed by atoms with E-state index < -0.39 is 17.7 Å². The molecule has 1 amide bonds. The van der Waals surface area contributed by atoms with Gasteiger partial charge in [0.1, 0.15) is 17.3 Å². The molecule has 0 radical (unpaired) electrons. The van der Waals surface area contributed by atoms with Crippen LogP contribution in [-0.2, 0) is 14.3 Å². The zero-order valence-corrected chi connectivity index (χ0v) is 19.7. The predicted molar refractivity (Wildman–Crippen MR) is 126 cm³/mol. The molecule has 1 unspecified atom stereocenters. The third-order valence-corrected chi connectivity index (χ3v) is 5.59. The number of carbonyl (C=O) groups is 2. The smallest absolute Gasteiger partial charge is 0.295 e. The lowest BCUT2D eigenvalue weighted by atomic mass is 9.94. The van der Waals surface area contributed by atoms with Gasteiger partial charge in [-0.1, -0.05) is 30.7 Å². The van der Waals surface area contributed by atoms with Gasteiger partial charge < -0.3 is 24.2 Å². The third-order valence-electron chi connectivity index (χ3n) is 5.35. The fourth-order valence-electron chi connectivity index (χ4n) is 3.84. The quantitative estimate of drug-likeness (QED) is 0.235. The molecule has 1 aliphatic heterocycles. The Morgan fingerprint density at radius 3 is 2.61 bits per heavy atom. The highest BCUT2D eigenvalue weighted by molar-refractivity contribution is 6.46. The molecule has 1 fully saturated rings. The summed E-state index contributed by atoms with van der Waals surface area (Å²) in [4.78, 5) is 27.6. The monoisotopic (exact) mass is 473 g/mol. The number of amides is 1. The summed E-state index contributed by atoms with van der Waals surface area (Å²) in [6.45, 7) is 3.26. The fraction of sp³-hybridized carbons (Fsp3) is 0.360. The first kappa shape index (κ1) is 24.6. The lowest BCUT2D eigenvalue weighted by molar-refractivity contribution is -0.140. The summed E-state index contributed by atoms with van der Waals surface area (Å²) in [5.74, 6) is -0.833. The molecule has 176 valence electrons. The van der Waals surface area contributed by atoms with E-state index in [0.29, 0.717) is 41.7 Å². The number of ether oxygens (including phenoxy) is 3. The van der Waals surface area contributed by atoms with Crippen LogP contribution < -0.4 is 9.47 Å². The number of likely N-dealkylation sites (tertiary alicyclic amines) is 1. The van der Waals surface area contributed by atoms with E-state index in [2.05, 4.69) is 0 Å². The van der Waals surface area contributed by atoms with E-state index in [1.54, 1.807) is 37.4 Å². The number of methoxy groups -OCH3 is 2. The summed E-state index contributed by atoms with van der Waals surface area (Å²) in [6, 6.07) is 11.1. The van der Waals surface area contributed by atoms with Crippen LogP contribution in [0.2, 0.25) is 5.02 Å². The number of hydrogen-bond donors (Lipinski definition) is 1. The van der Waals surface area contributed by atoms with Crippen molar-refractivity contribution in [3.8, 4) is 11.5 Å². The second-order valence-corrected chi connectivity index (χ2v) is 8.04. The van der Waals surface area contributed by atoms with Gasteiger partial charge in [-0.2, -0.15) is 0 Å². The number of Topliss-reactive ketones (excluding diaryl/α,β-unsaturated/α-hetero) is 1. The van der Waals surface area contributed by atoms with Crippen LogP contribution in [0.25, 0.3) is 5.76 Å². The molecular formula is C25H28ClNO6. The minimum Gasteiger partial charge on any atom is -0.507 e. The van der Waals surface area contributed by atoms with Gasteiger partial charge in [0.25, 0.3) is 11.7 Å². The van der Waals surface area contributed by atoms with E-state index >= 15 is 0 Å². The molecule has 0 spiro atoms. The van der Waals surface area contributed by atoms with E-state index in [1.165, 1.54) is 18.1 Å². The molecule has 2 aromatic rings. The third kappa shape index (κ3) is 5.31. The summed E-state index contributed by atoms with van der Waals surface area (Å²) in [5.41, 5.74) is 0.872. The number of halogens is 1. The van der Waals surface area contributed by atoms with Crippen LogP contribution in [0.5, 0.6) is 11.5 Å².